The van der Waals surface area contributed by atoms with Gasteiger partial charge in [-0.3, -0.25) is 9.79 Å². The Morgan fingerprint density at radius 3 is 2.90 bits per heavy atom. The summed E-state index contributed by atoms with van der Waals surface area (Å²) >= 11 is 0. The maximum Gasteiger partial charge on any atom is 0.328 e. The van der Waals surface area contributed by atoms with Gasteiger partial charge in [0.2, 0.25) is 0 Å². The number of hydrogen-bond donors (Lipinski definition) is 3. The number of hydrogen-bond acceptors (Lipinski definition) is 5. The summed E-state index contributed by atoms with van der Waals surface area (Å²) in [5.41, 5.74) is 4.15. The van der Waals surface area contributed by atoms with Gasteiger partial charge in [0.05, 0.1) is 0 Å². The zero-order chi connectivity index (χ0) is 20.2. The van der Waals surface area contributed by atoms with Crippen LogP contribution in [0, 0.1) is 0 Å². The number of carbonyl (C=O) groups excluding carboxylic acids is 1. The number of rotatable bonds is 4. The molecule has 0 bridgehead atoms. The Bertz CT molecular complexity index is 1010. The Morgan fingerprint density at radius 2 is 2.10 bits per heavy atom. The largest absolute Gasteiger partial charge is 0.478 e. The SMILES string of the molecule is O=C(O)C=Cc1ccc2c(c1)CCN2C(=O)c1cccc(NC2=NCCCN2)c1. The van der Waals surface area contributed by atoms with Crippen LogP contribution in [0.1, 0.15) is 27.9 Å². The molecule has 2 aromatic rings. The molecule has 2 aromatic carbocycles. The van der Waals surface area contributed by atoms with Crippen LogP contribution in [-0.4, -0.2) is 42.6 Å². The third-order valence-corrected chi connectivity index (χ3v) is 4.93. The van der Waals surface area contributed by atoms with Crippen molar-refractivity contribution in [2.45, 2.75) is 12.8 Å². The maximum atomic E-state index is 13.1. The Hall–Kier alpha value is -3.61. The predicted octanol–water partition coefficient (Wildman–Crippen LogP) is 2.75. The van der Waals surface area contributed by atoms with Gasteiger partial charge in [-0.25, -0.2) is 4.79 Å². The summed E-state index contributed by atoms with van der Waals surface area (Å²) in [6.07, 6.45) is 4.44. The van der Waals surface area contributed by atoms with Crippen molar-refractivity contribution in [1.29, 1.82) is 0 Å². The molecule has 7 heteroatoms. The van der Waals surface area contributed by atoms with Crippen molar-refractivity contribution in [3.63, 3.8) is 0 Å². The van der Waals surface area contributed by atoms with Gasteiger partial charge in [-0.2, -0.15) is 0 Å². The van der Waals surface area contributed by atoms with Gasteiger partial charge in [0.25, 0.3) is 5.91 Å². The smallest absolute Gasteiger partial charge is 0.328 e. The summed E-state index contributed by atoms with van der Waals surface area (Å²) in [5, 5.41) is 15.2. The molecular weight excluding hydrogens is 368 g/mol. The van der Waals surface area contributed by atoms with Crippen LogP contribution in [0.4, 0.5) is 11.4 Å². The fourth-order valence-corrected chi connectivity index (χ4v) is 3.54. The minimum Gasteiger partial charge on any atom is -0.478 e. The lowest BCUT2D eigenvalue weighted by atomic mass is 10.1. The molecule has 0 saturated heterocycles. The van der Waals surface area contributed by atoms with E-state index in [9.17, 15) is 9.59 Å². The first-order chi connectivity index (χ1) is 14.1. The Kier molecular flexibility index (Phi) is 5.29. The molecule has 29 heavy (non-hydrogen) atoms. The van der Waals surface area contributed by atoms with Gasteiger partial charge in [-0.15, -0.1) is 0 Å². The molecule has 0 fully saturated rings. The highest BCUT2D eigenvalue weighted by Crippen LogP contribution is 2.31. The molecule has 148 valence electrons. The van der Waals surface area contributed by atoms with Crippen molar-refractivity contribution in [2.24, 2.45) is 4.99 Å². The van der Waals surface area contributed by atoms with E-state index in [4.69, 9.17) is 5.11 Å². The van der Waals surface area contributed by atoms with E-state index < -0.39 is 5.97 Å². The summed E-state index contributed by atoms with van der Waals surface area (Å²) in [6, 6.07) is 13.1. The van der Waals surface area contributed by atoms with Crippen molar-refractivity contribution in [3.05, 3.63) is 65.2 Å². The van der Waals surface area contributed by atoms with Crippen LogP contribution < -0.4 is 15.5 Å². The molecule has 0 saturated carbocycles. The van der Waals surface area contributed by atoms with Crippen LogP contribution in [0.25, 0.3) is 6.08 Å². The van der Waals surface area contributed by atoms with Crippen molar-refractivity contribution < 1.29 is 14.7 Å². The zero-order valence-corrected chi connectivity index (χ0v) is 15.9. The molecule has 0 unspecified atom stereocenters. The zero-order valence-electron chi connectivity index (χ0n) is 15.9. The molecule has 2 heterocycles. The quantitative estimate of drug-likeness (QED) is 0.698. The van der Waals surface area contributed by atoms with Crippen LogP contribution in [0.5, 0.6) is 0 Å². The van der Waals surface area contributed by atoms with E-state index >= 15 is 0 Å². The average molecular weight is 390 g/mol. The topological polar surface area (TPSA) is 94.0 Å². The average Bonchev–Trinajstić information content (AvgIpc) is 3.16. The van der Waals surface area contributed by atoms with Gasteiger partial charge in [0, 0.05) is 42.6 Å². The monoisotopic (exact) mass is 390 g/mol. The fraction of sp³-hybridized carbons (Fsp3) is 0.227. The summed E-state index contributed by atoms with van der Waals surface area (Å²) < 4.78 is 0. The summed E-state index contributed by atoms with van der Waals surface area (Å²) in [7, 11) is 0. The third-order valence-electron chi connectivity index (χ3n) is 4.93. The highest BCUT2D eigenvalue weighted by atomic mass is 16.4. The number of nitrogens with zero attached hydrogens (tertiary/aromatic N) is 2. The molecule has 0 aromatic heterocycles. The first-order valence-electron chi connectivity index (χ1n) is 9.61. The number of benzene rings is 2. The minimum absolute atomic E-state index is 0.0558. The van der Waals surface area contributed by atoms with Gasteiger partial charge < -0.3 is 20.6 Å². The number of guanidine groups is 1. The second-order valence-electron chi connectivity index (χ2n) is 6.98. The Balaban J connectivity index is 1.52. The van der Waals surface area contributed by atoms with Crippen LogP contribution in [-0.2, 0) is 11.2 Å². The summed E-state index contributed by atoms with van der Waals surface area (Å²) in [5.74, 6) is -0.306. The highest BCUT2D eigenvalue weighted by Gasteiger charge is 2.25. The number of aliphatic imine (C=N–C) groups is 1. The van der Waals surface area contributed by atoms with Crippen LogP contribution >= 0.6 is 0 Å². The molecule has 2 aliphatic rings. The van der Waals surface area contributed by atoms with Crippen LogP contribution in [0.2, 0.25) is 0 Å². The minimum atomic E-state index is -0.981. The molecule has 0 spiro atoms. The molecular formula is C22H22N4O3. The van der Waals surface area contributed by atoms with Gasteiger partial charge >= 0.3 is 5.97 Å². The molecule has 7 nitrogen and oxygen atoms in total. The number of fused-ring (bicyclic) bond motifs is 1. The maximum absolute atomic E-state index is 13.1. The van der Waals surface area contributed by atoms with E-state index in [2.05, 4.69) is 15.6 Å². The van der Waals surface area contributed by atoms with Gasteiger partial charge in [-0.1, -0.05) is 12.1 Å². The van der Waals surface area contributed by atoms with Crippen molar-refractivity contribution >= 4 is 35.3 Å². The molecule has 0 aliphatic carbocycles. The van der Waals surface area contributed by atoms with Crippen molar-refractivity contribution in [2.75, 3.05) is 29.9 Å². The number of carboxylic acid groups (broad SMARTS) is 1. The van der Waals surface area contributed by atoms with Crippen LogP contribution in [0.15, 0.2) is 53.5 Å². The van der Waals surface area contributed by atoms with Gasteiger partial charge in [0.15, 0.2) is 5.96 Å². The third kappa shape index (κ3) is 4.29. The van der Waals surface area contributed by atoms with E-state index in [-0.39, 0.29) is 5.91 Å². The molecule has 3 N–H and O–H groups in total. The van der Waals surface area contributed by atoms with E-state index in [1.807, 2.05) is 42.5 Å². The first kappa shape index (κ1) is 18.7. The number of amides is 1. The summed E-state index contributed by atoms with van der Waals surface area (Å²) in [6.45, 7) is 2.28. The second kappa shape index (κ2) is 8.18. The van der Waals surface area contributed by atoms with E-state index in [0.717, 1.165) is 60.5 Å². The van der Waals surface area contributed by atoms with E-state index in [1.54, 1.807) is 11.0 Å². The number of aliphatic carboxylic acids is 1. The number of carboxylic acids is 1. The van der Waals surface area contributed by atoms with E-state index in [0.29, 0.717) is 12.1 Å². The highest BCUT2D eigenvalue weighted by molar-refractivity contribution is 6.08. The van der Waals surface area contributed by atoms with Crippen molar-refractivity contribution in [3.8, 4) is 0 Å². The molecule has 2 aliphatic heterocycles. The number of nitrogens with one attached hydrogen (secondary N) is 2. The molecule has 4 rings (SSSR count). The number of carbonyl (C=O) groups is 2. The number of anilines is 2. The normalized spacial score (nSPS) is 15.6. The predicted molar refractivity (Wildman–Crippen MR) is 113 cm³/mol. The summed E-state index contributed by atoms with van der Waals surface area (Å²) in [4.78, 5) is 30.0. The standard InChI is InChI=1S/C22H22N4O3/c27-20(28)8-6-15-5-7-19-16(13-15)9-12-26(19)21(29)17-3-1-4-18(14-17)25-22-23-10-2-11-24-22/h1,3-8,13-14H,2,9-12H2,(H,27,28)(H2,23,24,25). The lowest BCUT2D eigenvalue weighted by molar-refractivity contribution is -0.131. The fourth-order valence-electron chi connectivity index (χ4n) is 3.54. The van der Waals surface area contributed by atoms with Gasteiger partial charge in [0.1, 0.15) is 0 Å². The van der Waals surface area contributed by atoms with Gasteiger partial charge in [-0.05, 0) is 60.4 Å². The lowest BCUT2D eigenvalue weighted by Crippen LogP contribution is -2.35. The molecule has 0 radical (unpaired) electrons. The molecule has 1 amide bonds. The van der Waals surface area contributed by atoms with E-state index in [1.165, 1.54) is 0 Å². The first-order valence-corrected chi connectivity index (χ1v) is 9.61. The second-order valence-corrected chi connectivity index (χ2v) is 6.98. The van der Waals surface area contributed by atoms with Crippen molar-refractivity contribution in [1.82, 2.24) is 5.32 Å². The van der Waals surface area contributed by atoms with Crippen LogP contribution in [0.3, 0.4) is 0 Å². The lowest BCUT2D eigenvalue weighted by Gasteiger charge is -2.19. The Morgan fingerprint density at radius 1 is 1.21 bits per heavy atom. The Labute approximate surface area is 168 Å². The molecule has 0 atom stereocenters.